The number of likely N-dealkylation sites (N-methyl/N-ethyl adjacent to an activating group) is 1. The molecule has 1 aliphatic rings. The number of ether oxygens (including phenoxy) is 1. The first-order chi connectivity index (χ1) is 8.16. The number of morpholine rings is 1. The van der Waals surface area contributed by atoms with Crippen LogP contribution in [0.1, 0.15) is 18.7 Å². The van der Waals surface area contributed by atoms with Crippen LogP contribution < -0.4 is 5.32 Å². The second kappa shape index (κ2) is 5.62. The molecule has 0 bridgehead atoms. The van der Waals surface area contributed by atoms with Gasteiger partial charge in [-0.3, -0.25) is 4.68 Å². The number of hydrogen-bond acceptors (Lipinski definition) is 4. The van der Waals surface area contributed by atoms with Crippen molar-refractivity contribution < 1.29 is 4.74 Å². The lowest BCUT2D eigenvalue weighted by molar-refractivity contribution is -0.0191. The fourth-order valence-electron chi connectivity index (χ4n) is 2.21. The van der Waals surface area contributed by atoms with Crippen molar-refractivity contribution in [3.63, 3.8) is 0 Å². The highest BCUT2D eigenvalue weighted by molar-refractivity contribution is 5.05. The van der Waals surface area contributed by atoms with E-state index in [1.54, 1.807) is 0 Å². The smallest absolute Gasteiger partial charge is 0.0826 e. The quantitative estimate of drug-likeness (QED) is 0.824. The molecule has 1 fully saturated rings. The number of aryl methyl sites for hydroxylation is 1. The van der Waals surface area contributed by atoms with Crippen LogP contribution in [0.15, 0.2) is 12.3 Å². The van der Waals surface area contributed by atoms with E-state index in [2.05, 4.69) is 29.3 Å². The van der Waals surface area contributed by atoms with E-state index in [-0.39, 0.29) is 0 Å². The summed E-state index contributed by atoms with van der Waals surface area (Å²) in [5, 5.41) is 7.69. The maximum Gasteiger partial charge on any atom is 0.0826 e. The van der Waals surface area contributed by atoms with Crippen molar-refractivity contribution in [2.24, 2.45) is 7.05 Å². The summed E-state index contributed by atoms with van der Waals surface area (Å²) in [7, 11) is 4.11. The molecule has 0 aromatic carbocycles. The molecule has 1 aromatic heterocycles. The molecule has 2 rings (SSSR count). The van der Waals surface area contributed by atoms with Crippen LogP contribution >= 0.6 is 0 Å². The molecule has 1 saturated heterocycles. The zero-order chi connectivity index (χ0) is 12.3. The van der Waals surface area contributed by atoms with Crippen LogP contribution in [0.4, 0.5) is 0 Å². The second-order valence-corrected chi connectivity index (χ2v) is 4.76. The van der Waals surface area contributed by atoms with Gasteiger partial charge in [0.25, 0.3) is 0 Å². The standard InChI is InChI=1S/C12H22N4O/c1-10(12-4-5-14-16(12)3)13-8-11-9-15(2)6-7-17-11/h4-5,10-11,13H,6-9H2,1-3H3. The van der Waals surface area contributed by atoms with Crippen molar-refractivity contribution in [3.8, 4) is 0 Å². The minimum absolute atomic E-state index is 0.296. The van der Waals surface area contributed by atoms with E-state index in [1.807, 2.05) is 24.0 Å². The summed E-state index contributed by atoms with van der Waals surface area (Å²) in [4.78, 5) is 2.31. The third kappa shape index (κ3) is 3.28. The lowest BCUT2D eigenvalue weighted by atomic mass is 10.2. The summed E-state index contributed by atoms with van der Waals surface area (Å²) < 4.78 is 7.63. The largest absolute Gasteiger partial charge is 0.374 e. The highest BCUT2D eigenvalue weighted by Gasteiger charge is 2.18. The Balaban J connectivity index is 1.80. The molecule has 0 aliphatic carbocycles. The van der Waals surface area contributed by atoms with Gasteiger partial charge in [-0.25, -0.2) is 0 Å². The summed E-state index contributed by atoms with van der Waals surface area (Å²) in [5.41, 5.74) is 1.20. The molecule has 5 nitrogen and oxygen atoms in total. The predicted molar refractivity (Wildman–Crippen MR) is 66.9 cm³/mol. The van der Waals surface area contributed by atoms with Crippen LogP contribution in [-0.2, 0) is 11.8 Å². The Morgan fingerprint density at radius 2 is 2.41 bits per heavy atom. The molecule has 1 N–H and O–H groups in total. The van der Waals surface area contributed by atoms with Crippen molar-refractivity contribution in [2.45, 2.75) is 19.1 Å². The Kier molecular flexibility index (Phi) is 4.15. The van der Waals surface area contributed by atoms with E-state index in [0.717, 1.165) is 26.2 Å². The van der Waals surface area contributed by atoms with Gasteiger partial charge in [0.2, 0.25) is 0 Å². The second-order valence-electron chi connectivity index (χ2n) is 4.76. The highest BCUT2D eigenvalue weighted by atomic mass is 16.5. The minimum Gasteiger partial charge on any atom is -0.374 e. The third-order valence-electron chi connectivity index (χ3n) is 3.30. The molecule has 2 unspecified atom stereocenters. The number of hydrogen-bond donors (Lipinski definition) is 1. The van der Waals surface area contributed by atoms with Crippen molar-refractivity contribution >= 4 is 0 Å². The topological polar surface area (TPSA) is 42.3 Å². The Bertz CT molecular complexity index is 352. The van der Waals surface area contributed by atoms with Crippen LogP contribution in [0.2, 0.25) is 0 Å². The molecule has 17 heavy (non-hydrogen) atoms. The molecule has 1 aliphatic heterocycles. The molecule has 1 aromatic rings. The highest BCUT2D eigenvalue weighted by Crippen LogP contribution is 2.11. The minimum atomic E-state index is 0.296. The van der Waals surface area contributed by atoms with Crippen LogP contribution in [0, 0.1) is 0 Å². The van der Waals surface area contributed by atoms with E-state index < -0.39 is 0 Å². The zero-order valence-electron chi connectivity index (χ0n) is 10.9. The Morgan fingerprint density at radius 3 is 3.06 bits per heavy atom. The van der Waals surface area contributed by atoms with Crippen LogP contribution in [0.3, 0.4) is 0 Å². The van der Waals surface area contributed by atoms with Crippen LogP contribution in [0.25, 0.3) is 0 Å². The van der Waals surface area contributed by atoms with Gasteiger partial charge < -0.3 is 15.0 Å². The maximum absolute atomic E-state index is 5.72. The van der Waals surface area contributed by atoms with Crippen molar-refractivity contribution in [3.05, 3.63) is 18.0 Å². The molecule has 2 heterocycles. The predicted octanol–water partition coefficient (Wildman–Crippen LogP) is 0.401. The first-order valence-electron chi connectivity index (χ1n) is 6.18. The van der Waals surface area contributed by atoms with Gasteiger partial charge in [-0.15, -0.1) is 0 Å². The van der Waals surface area contributed by atoms with E-state index in [9.17, 15) is 0 Å². The molecular weight excluding hydrogens is 216 g/mol. The number of nitrogens with zero attached hydrogens (tertiary/aromatic N) is 3. The molecule has 2 atom stereocenters. The first kappa shape index (κ1) is 12.5. The SMILES string of the molecule is CC(NCC1CN(C)CCO1)c1ccnn1C. The van der Waals surface area contributed by atoms with Crippen molar-refractivity contribution in [2.75, 3.05) is 33.3 Å². The average Bonchev–Trinajstić information content (AvgIpc) is 2.72. The molecule has 96 valence electrons. The van der Waals surface area contributed by atoms with E-state index in [0.29, 0.717) is 12.1 Å². The third-order valence-corrected chi connectivity index (χ3v) is 3.30. The van der Waals surface area contributed by atoms with Gasteiger partial charge in [-0.05, 0) is 20.0 Å². The first-order valence-corrected chi connectivity index (χ1v) is 6.18. The zero-order valence-corrected chi connectivity index (χ0v) is 10.9. The molecule has 0 amide bonds. The molecule has 0 saturated carbocycles. The Labute approximate surface area is 103 Å². The number of aromatic nitrogens is 2. The fraction of sp³-hybridized carbons (Fsp3) is 0.750. The fourth-order valence-corrected chi connectivity index (χ4v) is 2.21. The van der Waals surface area contributed by atoms with Gasteiger partial charge in [-0.1, -0.05) is 0 Å². The maximum atomic E-state index is 5.72. The van der Waals surface area contributed by atoms with Gasteiger partial charge in [0.05, 0.1) is 18.4 Å². The van der Waals surface area contributed by atoms with E-state index in [4.69, 9.17) is 4.74 Å². The van der Waals surface area contributed by atoms with Crippen LogP contribution in [0.5, 0.6) is 0 Å². The Morgan fingerprint density at radius 1 is 1.59 bits per heavy atom. The summed E-state index contributed by atoms with van der Waals surface area (Å²) >= 11 is 0. The van der Waals surface area contributed by atoms with Gasteiger partial charge in [0.1, 0.15) is 0 Å². The Hall–Kier alpha value is -0.910. The summed E-state index contributed by atoms with van der Waals surface area (Å²) in [5.74, 6) is 0. The van der Waals surface area contributed by atoms with Crippen LogP contribution in [-0.4, -0.2) is 54.1 Å². The van der Waals surface area contributed by atoms with E-state index in [1.165, 1.54) is 5.69 Å². The number of rotatable bonds is 4. The summed E-state index contributed by atoms with van der Waals surface area (Å²) in [6, 6.07) is 2.35. The van der Waals surface area contributed by atoms with Crippen molar-refractivity contribution in [1.29, 1.82) is 0 Å². The van der Waals surface area contributed by atoms with Gasteiger partial charge in [0, 0.05) is 38.9 Å². The average molecular weight is 238 g/mol. The molecular formula is C12H22N4O. The van der Waals surface area contributed by atoms with Gasteiger partial charge >= 0.3 is 0 Å². The monoisotopic (exact) mass is 238 g/mol. The number of nitrogens with one attached hydrogen (secondary N) is 1. The summed E-state index contributed by atoms with van der Waals surface area (Å²) in [6.07, 6.45) is 2.13. The normalized spacial score (nSPS) is 23.8. The summed E-state index contributed by atoms with van der Waals surface area (Å²) in [6.45, 7) is 5.92. The van der Waals surface area contributed by atoms with E-state index >= 15 is 0 Å². The van der Waals surface area contributed by atoms with Gasteiger partial charge in [-0.2, -0.15) is 5.10 Å². The lowest BCUT2D eigenvalue weighted by Gasteiger charge is -2.31. The molecule has 0 spiro atoms. The lowest BCUT2D eigenvalue weighted by Crippen LogP contribution is -2.45. The van der Waals surface area contributed by atoms with Gasteiger partial charge in [0.15, 0.2) is 0 Å². The molecule has 5 heteroatoms. The van der Waals surface area contributed by atoms with Crippen molar-refractivity contribution in [1.82, 2.24) is 20.0 Å². The molecule has 0 radical (unpaired) electrons.